The zero-order chi connectivity index (χ0) is 26.7. The Morgan fingerprint density at radius 1 is 1.00 bits per heavy atom. The molecule has 0 bridgehead atoms. The Morgan fingerprint density at radius 2 is 1.70 bits per heavy atom. The normalized spacial score (nSPS) is 11.6. The first kappa shape index (κ1) is 26.4. The maximum atomic E-state index is 13.1. The number of halogens is 5. The van der Waals surface area contributed by atoms with Crippen molar-refractivity contribution in [2.24, 2.45) is 0 Å². The molecule has 2 heterocycles. The van der Waals surface area contributed by atoms with Crippen LogP contribution in [0.1, 0.15) is 12.2 Å². The molecule has 0 spiro atoms. The van der Waals surface area contributed by atoms with Gasteiger partial charge in [-0.3, -0.25) is 9.36 Å². The van der Waals surface area contributed by atoms with Gasteiger partial charge in [0, 0.05) is 22.7 Å². The summed E-state index contributed by atoms with van der Waals surface area (Å²) in [7, 11) is 1.22. The van der Waals surface area contributed by atoms with Crippen LogP contribution < -0.4 is 5.69 Å². The molecule has 0 fully saturated rings. The van der Waals surface area contributed by atoms with E-state index in [2.05, 4.69) is 15.2 Å². The van der Waals surface area contributed by atoms with Gasteiger partial charge in [-0.2, -0.15) is 18.3 Å². The molecule has 37 heavy (non-hydrogen) atoms. The fourth-order valence-electron chi connectivity index (χ4n) is 3.53. The Kier molecular flexibility index (Phi) is 7.69. The van der Waals surface area contributed by atoms with Crippen molar-refractivity contribution >= 4 is 29.2 Å². The van der Waals surface area contributed by atoms with Gasteiger partial charge in [0.25, 0.3) is 0 Å². The number of benzene rings is 2. The summed E-state index contributed by atoms with van der Waals surface area (Å²) >= 11 is 12.2. The van der Waals surface area contributed by atoms with Gasteiger partial charge in [-0.05, 0) is 36.4 Å². The Hall–Kier alpha value is -3.64. The van der Waals surface area contributed by atoms with Gasteiger partial charge in [0.2, 0.25) is 0 Å². The zero-order valence-corrected chi connectivity index (χ0v) is 20.8. The Labute approximate surface area is 218 Å². The van der Waals surface area contributed by atoms with E-state index in [9.17, 15) is 22.8 Å². The number of carbonyl (C=O) groups is 1. The van der Waals surface area contributed by atoms with E-state index in [-0.39, 0.29) is 30.6 Å². The summed E-state index contributed by atoms with van der Waals surface area (Å²) in [4.78, 5) is 29.5. The highest BCUT2D eigenvalue weighted by Crippen LogP contribution is 2.27. The number of alkyl halides is 3. The van der Waals surface area contributed by atoms with Gasteiger partial charge >= 0.3 is 17.8 Å². The first-order valence-electron chi connectivity index (χ1n) is 10.8. The smallest absolute Gasteiger partial charge is 0.390 e. The number of aromatic nitrogens is 6. The van der Waals surface area contributed by atoms with Crippen molar-refractivity contribution in [2.45, 2.75) is 32.2 Å². The lowest BCUT2D eigenvalue weighted by Gasteiger charge is -2.08. The molecule has 0 unspecified atom stereocenters. The van der Waals surface area contributed by atoms with Crippen molar-refractivity contribution in [3.8, 4) is 22.8 Å². The minimum absolute atomic E-state index is 0.0336. The number of rotatable bonds is 8. The predicted octanol–water partition coefficient (Wildman–Crippen LogP) is 4.45. The van der Waals surface area contributed by atoms with E-state index in [1.807, 2.05) is 0 Å². The standard InChI is InChI=1S/C23H19Cl2F3N6O3/c1-37-19(35)13-33-21(16-4-2-3-5-17(16)25)29-18(30-33)12-34-22(36)32(11-10-23(26,27)28)20(31-34)14-6-8-15(24)9-7-14/h2-9H,10-13H2,1H3. The van der Waals surface area contributed by atoms with Gasteiger partial charge in [-0.25, -0.2) is 19.1 Å². The quantitative estimate of drug-likeness (QED) is 0.298. The molecule has 194 valence electrons. The first-order valence-corrected chi connectivity index (χ1v) is 11.6. The van der Waals surface area contributed by atoms with Gasteiger partial charge < -0.3 is 4.74 Å². The van der Waals surface area contributed by atoms with Crippen LogP contribution in [0, 0.1) is 0 Å². The predicted molar refractivity (Wildman–Crippen MR) is 129 cm³/mol. The summed E-state index contributed by atoms with van der Waals surface area (Å²) in [6.45, 7) is -1.19. The van der Waals surface area contributed by atoms with Crippen molar-refractivity contribution in [3.05, 3.63) is 74.9 Å². The molecule has 0 radical (unpaired) electrons. The van der Waals surface area contributed by atoms with E-state index in [1.165, 1.54) is 11.8 Å². The summed E-state index contributed by atoms with van der Waals surface area (Å²) in [6, 6.07) is 13.0. The number of hydrogen-bond acceptors (Lipinski definition) is 6. The van der Waals surface area contributed by atoms with Crippen LogP contribution in [0.15, 0.2) is 53.3 Å². The lowest BCUT2D eigenvalue weighted by Crippen LogP contribution is -2.27. The number of carbonyl (C=O) groups excluding carboxylic acids is 1. The maximum Gasteiger partial charge on any atom is 0.390 e. The molecule has 0 aliphatic carbocycles. The Morgan fingerprint density at radius 3 is 2.35 bits per heavy atom. The van der Waals surface area contributed by atoms with Gasteiger partial charge in [-0.15, -0.1) is 5.10 Å². The Bertz CT molecular complexity index is 1480. The molecule has 0 saturated heterocycles. The third-order valence-corrected chi connectivity index (χ3v) is 5.85. The maximum absolute atomic E-state index is 13.1. The molecule has 0 aliphatic heterocycles. The molecule has 0 atom stereocenters. The number of nitrogens with zero attached hydrogens (tertiary/aromatic N) is 6. The van der Waals surface area contributed by atoms with Crippen LogP contribution in [0.25, 0.3) is 22.8 Å². The summed E-state index contributed by atoms with van der Waals surface area (Å²) in [5, 5.41) is 9.33. The van der Waals surface area contributed by atoms with Crippen LogP contribution >= 0.6 is 23.2 Å². The lowest BCUT2D eigenvalue weighted by atomic mass is 10.2. The molecule has 2 aromatic heterocycles. The van der Waals surface area contributed by atoms with E-state index in [4.69, 9.17) is 27.9 Å². The highest BCUT2D eigenvalue weighted by molar-refractivity contribution is 6.33. The molecule has 0 amide bonds. The third kappa shape index (κ3) is 6.20. The van der Waals surface area contributed by atoms with E-state index in [0.29, 0.717) is 21.2 Å². The minimum atomic E-state index is -4.48. The summed E-state index contributed by atoms with van der Waals surface area (Å²) in [6.07, 6.45) is -5.70. The lowest BCUT2D eigenvalue weighted by molar-refractivity contribution is -0.141. The fraction of sp³-hybridized carbons (Fsp3) is 0.261. The number of ether oxygens (including phenoxy) is 1. The molecule has 0 aliphatic rings. The average Bonchev–Trinajstić information content (AvgIpc) is 3.38. The molecule has 0 saturated carbocycles. The van der Waals surface area contributed by atoms with Crippen LogP contribution in [0.5, 0.6) is 0 Å². The second-order valence-corrected chi connectivity index (χ2v) is 8.70. The van der Waals surface area contributed by atoms with Crippen molar-refractivity contribution in [1.82, 2.24) is 29.1 Å². The minimum Gasteiger partial charge on any atom is -0.468 e. The van der Waals surface area contributed by atoms with E-state index in [0.717, 1.165) is 9.25 Å². The number of esters is 1. The largest absolute Gasteiger partial charge is 0.468 e. The topological polar surface area (TPSA) is 96.8 Å². The third-order valence-electron chi connectivity index (χ3n) is 5.27. The molecule has 0 N–H and O–H groups in total. The second-order valence-electron chi connectivity index (χ2n) is 7.85. The van der Waals surface area contributed by atoms with Gasteiger partial charge in [0.05, 0.1) is 18.6 Å². The molecule has 2 aromatic carbocycles. The van der Waals surface area contributed by atoms with Gasteiger partial charge in [0.15, 0.2) is 17.5 Å². The molecule has 4 rings (SSSR count). The first-order chi connectivity index (χ1) is 17.6. The van der Waals surface area contributed by atoms with Crippen molar-refractivity contribution in [2.75, 3.05) is 7.11 Å². The van der Waals surface area contributed by atoms with E-state index < -0.39 is 30.8 Å². The molecule has 4 aromatic rings. The molecular weight excluding hydrogens is 536 g/mol. The fourth-order valence-corrected chi connectivity index (χ4v) is 3.87. The second kappa shape index (κ2) is 10.8. The molecule has 9 nitrogen and oxygen atoms in total. The van der Waals surface area contributed by atoms with Crippen LogP contribution in [-0.4, -0.2) is 48.4 Å². The zero-order valence-electron chi connectivity index (χ0n) is 19.2. The Balaban J connectivity index is 1.75. The number of methoxy groups -OCH3 is 1. The van der Waals surface area contributed by atoms with Crippen molar-refractivity contribution < 1.29 is 22.7 Å². The van der Waals surface area contributed by atoms with Crippen LogP contribution in [0.2, 0.25) is 10.0 Å². The SMILES string of the molecule is COC(=O)Cn1nc(Cn2nc(-c3ccc(Cl)cc3)n(CCC(F)(F)F)c2=O)nc1-c1ccccc1Cl. The van der Waals surface area contributed by atoms with Crippen LogP contribution in [0.3, 0.4) is 0 Å². The highest BCUT2D eigenvalue weighted by atomic mass is 35.5. The van der Waals surface area contributed by atoms with Gasteiger partial charge in [-0.1, -0.05) is 35.3 Å². The summed E-state index contributed by atoms with van der Waals surface area (Å²) in [5.41, 5.74) is 0.109. The van der Waals surface area contributed by atoms with Crippen molar-refractivity contribution in [3.63, 3.8) is 0 Å². The monoisotopic (exact) mass is 554 g/mol. The summed E-state index contributed by atoms with van der Waals surface area (Å²) in [5.74, 6) is -0.230. The van der Waals surface area contributed by atoms with Gasteiger partial charge in [0.1, 0.15) is 13.1 Å². The molecule has 14 heteroatoms. The van der Waals surface area contributed by atoms with Crippen LogP contribution in [0.4, 0.5) is 13.2 Å². The van der Waals surface area contributed by atoms with Crippen LogP contribution in [-0.2, 0) is 29.2 Å². The highest BCUT2D eigenvalue weighted by Gasteiger charge is 2.29. The van der Waals surface area contributed by atoms with Crippen molar-refractivity contribution in [1.29, 1.82) is 0 Å². The number of hydrogen-bond donors (Lipinski definition) is 0. The molecular formula is C23H19Cl2F3N6O3. The summed E-state index contributed by atoms with van der Waals surface area (Å²) < 4.78 is 46.8. The van der Waals surface area contributed by atoms with E-state index >= 15 is 0 Å². The average molecular weight is 555 g/mol. The van der Waals surface area contributed by atoms with E-state index in [1.54, 1.807) is 48.5 Å².